The van der Waals surface area contributed by atoms with E-state index >= 15 is 0 Å². The summed E-state index contributed by atoms with van der Waals surface area (Å²) in [5.41, 5.74) is -1.97. The average Bonchev–Trinajstić information content (AvgIpc) is 2.30. The normalized spacial score (nSPS) is 10.1. The molecule has 17 heavy (non-hydrogen) atoms. The Balaban J connectivity index is 3.28. The minimum Gasteiger partial charge on any atom is -0.469 e. The fourth-order valence-corrected chi connectivity index (χ4v) is 1.22. The number of ether oxygens (including phenoxy) is 1. The molecule has 0 saturated carbocycles. The summed E-state index contributed by atoms with van der Waals surface area (Å²) >= 11 is 0. The number of alkyl halides is 2. The number of H-pyrrole nitrogens is 1. The van der Waals surface area contributed by atoms with Crippen LogP contribution in [0.2, 0.25) is 0 Å². The van der Waals surface area contributed by atoms with E-state index in [4.69, 9.17) is 5.26 Å². The number of pyridine rings is 1. The number of nitriles is 1. The molecule has 1 rings (SSSR count). The van der Waals surface area contributed by atoms with Crippen molar-refractivity contribution in [2.24, 2.45) is 0 Å². The Labute approximate surface area is 94.6 Å². The first-order valence-electron chi connectivity index (χ1n) is 4.50. The molecule has 0 atom stereocenters. The third-order valence-corrected chi connectivity index (χ3v) is 2.06. The van der Waals surface area contributed by atoms with Crippen LogP contribution in [0.3, 0.4) is 0 Å². The minimum absolute atomic E-state index is 0.177. The van der Waals surface area contributed by atoms with Crippen LogP contribution >= 0.6 is 0 Å². The van der Waals surface area contributed by atoms with Crippen molar-refractivity contribution in [1.29, 1.82) is 5.26 Å². The molecule has 0 aliphatic heterocycles. The Morgan fingerprint density at radius 3 is 2.76 bits per heavy atom. The first kappa shape index (κ1) is 12.8. The second kappa shape index (κ2) is 5.21. The summed E-state index contributed by atoms with van der Waals surface area (Å²) in [5, 5.41) is 8.73. The molecule has 0 aliphatic rings. The number of hydrogen-bond acceptors (Lipinski definition) is 4. The number of esters is 1. The van der Waals surface area contributed by atoms with Crippen LogP contribution in [0.1, 0.15) is 23.2 Å². The molecule has 0 radical (unpaired) electrons. The van der Waals surface area contributed by atoms with Crippen LogP contribution < -0.4 is 5.56 Å². The van der Waals surface area contributed by atoms with Crippen LogP contribution in [0.25, 0.3) is 0 Å². The summed E-state index contributed by atoms with van der Waals surface area (Å²) < 4.78 is 29.0. The topological polar surface area (TPSA) is 82.9 Å². The fourth-order valence-electron chi connectivity index (χ4n) is 1.22. The predicted octanol–water partition coefficient (Wildman–Crippen LogP) is 0.900. The van der Waals surface area contributed by atoms with Gasteiger partial charge in [-0.05, 0) is 6.07 Å². The van der Waals surface area contributed by atoms with Gasteiger partial charge in [0, 0.05) is 5.56 Å². The van der Waals surface area contributed by atoms with Gasteiger partial charge in [0.25, 0.3) is 12.0 Å². The number of nitrogens with one attached hydrogen (secondary N) is 1. The zero-order chi connectivity index (χ0) is 13.0. The zero-order valence-electron chi connectivity index (χ0n) is 8.79. The maximum Gasteiger partial charge on any atom is 0.310 e. The molecule has 1 N–H and O–H groups in total. The van der Waals surface area contributed by atoms with Gasteiger partial charge in [0.15, 0.2) is 0 Å². The molecule has 0 aromatic carbocycles. The number of nitrogens with zero attached hydrogens (tertiary/aromatic N) is 1. The van der Waals surface area contributed by atoms with Crippen LogP contribution in [0.4, 0.5) is 8.78 Å². The van der Waals surface area contributed by atoms with Gasteiger partial charge in [-0.15, -0.1) is 0 Å². The standard InChI is InChI=1S/C10H8F2N2O3/c1-17-8(15)3-6-5(4-13)2-7(9(11)12)14-10(6)16/h2,9H,3H2,1H3,(H,14,16). The van der Waals surface area contributed by atoms with Gasteiger partial charge in [0.05, 0.1) is 30.9 Å². The number of methoxy groups -OCH3 is 1. The quantitative estimate of drug-likeness (QED) is 0.798. The first-order valence-corrected chi connectivity index (χ1v) is 4.50. The molecule has 0 fully saturated rings. The van der Waals surface area contributed by atoms with Gasteiger partial charge in [-0.2, -0.15) is 5.26 Å². The number of rotatable bonds is 3. The lowest BCUT2D eigenvalue weighted by Gasteiger charge is -2.05. The second-order valence-corrected chi connectivity index (χ2v) is 3.11. The number of carbonyl (C=O) groups is 1. The van der Waals surface area contributed by atoms with Gasteiger partial charge in [0.2, 0.25) is 0 Å². The predicted molar refractivity (Wildman–Crippen MR) is 52.5 cm³/mol. The van der Waals surface area contributed by atoms with E-state index in [1.54, 1.807) is 6.07 Å². The Bertz CT molecular complexity index is 531. The molecule has 0 spiro atoms. The minimum atomic E-state index is -2.89. The summed E-state index contributed by atoms with van der Waals surface area (Å²) in [6.45, 7) is 0. The first-order chi connectivity index (χ1) is 7.99. The van der Waals surface area contributed by atoms with Crippen molar-refractivity contribution in [1.82, 2.24) is 4.98 Å². The average molecular weight is 242 g/mol. The molecule has 1 aromatic rings. The second-order valence-electron chi connectivity index (χ2n) is 3.11. The highest BCUT2D eigenvalue weighted by Crippen LogP contribution is 2.17. The molecule has 0 saturated heterocycles. The molecular formula is C10H8F2N2O3. The van der Waals surface area contributed by atoms with E-state index in [0.29, 0.717) is 0 Å². The van der Waals surface area contributed by atoms with Crippen molar-refractivity contribution in [2.75, 3.05) is 7.11 Å². The highest BCUT2D eigenvalue weighted by Gasteiger charge is 2.17. The van der Waals surface area contributed by atoms with Gasteiger partial charge in [-0.3, -0.25) is 9.59 Å². The van der Waals surface area contributed by atoms with E-state index in [-0.39, 0.29) is 11.1 Å². The molecule has 1 heterocycles. The largest absolute Gasteiger partial charge is 0.469 e. The highest BCUT2D eigenvalue weighted by molar-refractivity contribution is 5.73. The third-order valence-electron chi connectivity index (χ3n) is 2.06. The Kier molecular flexibility index (Phi) is 3.93. The lowest BCUT2D eigenvalue weighted by Crippen LogP contribution is -2.20. The maximum absolute atomic E-state index is 12.4. The summed E-state index contributed by atoms with van der Waals surface area (Å²) in [6.07, 6.45) is -3.32. The summed E-state index contributed by atoms with van der Waals surface area (Å²) in [6, 6.07) is 2.45. The third kappa shape index (κ3) is 2.87. The fraction of sp³-hybridized carbons (Fsp3) is 0.300. The van der Waals surface area contributed by atoms with Crippen LogP contribution in [-0.4, -0.2) is 18.1 Å². The van der Waals surface area contributed by atoms with Crippen LogP contribution in [0.5, 0.6) is 0 Å². The molecule has 1 aromatic heterocycles. The SMILES string of the molecule is COC(=O)Cc1c(C#N)cc(C(F)F)[nH]c1=O. The molecular weight excluding hydrogens is 234 g/mol. The van der Waals surface area contributed by atoms with Crippen molar-refractivity contribution in [3.8, 4) is 6.07 Å². The number of aromatic nitrogens is 1. The Morgan fingerprint density at radius 1 is 1.65 bits per heavy atom. The molecule has 0 unspecified atom stereocenters. The number of carbonyl (C=O) groups excluding carboxylic acids is 1. The van der Waals surface area contributed by atoms with Crippen molar-refractivity contribution < 1.29 is 18.3 Å². The van der Waals surface area contributed by atoms with E-state index in [2.05, 4.69) is 4.74 Å². The Hall–Kier alpha value is -2.23. The van der Waals surface area contributed by atoms with Gasteiger partial charge in [0.1, 0.15) is 0 Å². The van der Waals surface area contributed by atoms with Crippen molar-refractivity contribution >= 4 is 5.97 Å². The monoisotopic (exact) mass is 242 g/mol. The molecule has 7 heteroatoms. The smallest absolute Gasteiger partial charge is 0.310 e. The maximum atomic E-state index is 12.4. The van der Waals surface area contributed by atoms with Crippen LogP contribution in [0.15, 0.2) is 10.9 Å². The number of halogens is 2. The summed E-state index contributed by atoms with van der Waals surface area (Å²) in [5.74, 6) is -0.725. The number of hydrogen-bond donors (Lipinski definition) is 1. The molecule has 0 bridgehead atoms. The van der Waals surface area contributed by atoms with Gasteiger partial charge in [-0.25, -0.2) is 8.78 Å². The number of aromatic amines is 1. The van der Waals surface area contributed by atoms with Crippen molar-refractivity contribution in [3.05, 3.63) is 33.2 Å². The van der Waals surface area contributed by atoms with E-state index in [9.17, 15) is 18.4 Å². The van der Waals surface area contributed by atoms with Crippen LogP contribution in [0, 0.1) is 11.3 Å². The van der Waals surface area contributed by atoms with Gasteiger partial charge < -0.3 is 9.72 Å². The van der Waals surface area contributed by atoms with E-state index in [1.807, 2.05) is 4.98 Å². The Morgan fingerprint density at radius 2 is 2.29 bits per heavy atom. The molecule has 0 amide bonds. The molecule has 90 valence electrons. The highest BCUT2D eigenvalue weighted by atomic mass is 19.3. The van der Waals surface area contributed by atoms with E-state index in [1.165, 1.54) is 0 Å². The van der Waals surface area contributed by atoms with Gasteiger partial charge >= 0.3 is 5.97 Å². The van der Waals surface area contributed by atoms with E-state index in [0.717, 1.165) is 13.2 Å². The van der Waals surface area contributed by atoms with Crippen molar-refractivity contribution in [2.45, 2.75) is 12.8 Å². The summed E-state index contributed by atoms with van der Waals surface area (Å²) in [4.78, 5) is 24.3. The molecule has 0 aliphatic carbocycles. The van der Waals surface area contributed by atoms with E-state index < -0.39 is 30.1 Å². The zero-order valence-corrected chi connectivity index (χ0v) is 8.79. The van der Waals surface area contributed by atoms with Crippen LogP contribution in [-0.2, 0) is 16.0 Å². The van der Waals surface area contributed by atoms with Gasteiger partial charge in [-0.1, -0.05) is 0 Å². The lowest BCUT2D eigenvalue weighted by atomic mass is 10.1. The molecule has 5 nitrogen and oxygen atoms in total. The van der Waals surface area contributed by atoms with Crippen molar-refractivity contribution in [3.63, 3.8) is 0 Å². The lowest BCUT2D eigenvalue weighted by molar-refractivity contribution is -0.139. The summed E-state index contributed by atoms with van der Waals surface area (Å²) in [7, 11) is 1.12.